The van der Waals surface area contributed by atoms with Crippen molar-refractivity contribution in [3.05, 3.63) is 11.4 Å². The molecule has 1 aromatic rings. The number of hydrogen-bond donors (Lipinski definition) is 3. The van der Waals surface area contributed by atoms with Crippen molar-refractivity contribution in [2.75, 3.05) is 33.5 Å². The van der Waals surface area contributed by atoms with E-state index in [1.54, 1.807) is 14.0 Å². The quantitative estimate of drug-likeness (QED) is 0.508. The highest BCUT2D eigenvalue weighted by atomic mass is 32.2. The van der Waals surface area contributed by atoms with Gasteiger partial charge in [-0.25, -0.2) is 13.1 Å². The lowest BCUT2D eigenvalue weighted by molar-refractivity contribution is 0.0736. The van der Waals surface area contributed by atoms with Gasteiger partial charge in [0.25, 0.3) is 0 Å². The van der Waals surface area contributed by atoms with E-state index in [9.17, 15) is 8.42 Å². The van der Waals surface area contributed by atoms with E-state index in [0.717, 1.165) is 0 Å². The molecule has 0 amide bonds. The van der Waals surface area contributed by atoms with Crippen molar-refractivity contribution >= 4 is 10.0 Å². The van der Waals surface area contributed by atoms with Gasteiger partial charge in [-0.3, -0.25) is 5.10 Å². The number of nitrogens with one attached hydrogen (secondary N) is 2. The molecule has 0 spiro atoms. The molecule has 0 bridgehead atoms. The zero-order chi connectivity index (χ0) is 14.3. The Hall–Kier alpha value is -1.00. The van der Waals surface area contributed by atoms with E-state index in [1.165, 1.54) is 0 Å². The molecule has 0 saturated heterocycles. The molecule has 0 aliphatic rings. The van der Waals surface area contributed by atoms with E-state index in [-0.39, 0.29) is 24.6 Å². The van der Waals surface area contributed by atoms with Crippen LogP contribution in [0.4, 0.5) is 0 Å². The summed E-state index contributed by atoms with van der Waals surface area (Å²) in [4.78, 5) is 0.117. The van der Waals surface area contributed by atoms with Crippen LogP contribution in [0.3, 0.4) is 0 Å². The van der Waals surface area contributed by atoms with Gasteiger partial charge >= 0.3 is 0 Å². The molecule has 9 heteroatoms. The molecule has 1 aromatic heterocycles. The fourth-order valence-electron chi connectivity index (χ4n) is 1.53. The van der Waals surface area contributed by atoms with E-state index in [1.807, 2.05) is 0 Å². The Bertz CT molecular complexity index is 486. The highest BCUT2D eigenvalue weighted by Crippen LogP contribution is 2.16. The van der Waals surface area contributed by atoms with Crippen LogP contribution in [0.1, 0.15) is 11.4 Å². The summed E-state index contributed by atoms with van der Waals surface area (Å²) in [6.07, 6.45) is 0. The molecule has 8 nitrogen and oxygen atoms in total. The Balaban J connectivity index is 2.54. The zero-order valence-corrected chi connectivity index (χ0v) is 11.9. The number of aromatic nitrogens is 2. The summed E-state index contributed by atoms with van der Waals surface area (Å²) in [5.74, 6) is 0. The number of nitrogens with two attached hydrogens (primary N) is 1. The molecule has 0 atom stereocenters. The third-order valence-corrected chi connectivity index (χ3v) is 4.06. The lowest BCUT2D eigenvalue weighted by atomic mass is 10.4. The first-order valence-electron chi connectivity index (χ1n) is 5.83. The SMILES string of the molecule is COCCOCCNS(=O)(=O)c1c(CN)n[nH]c1C. The monoisotopic (exact) mass is 292 g/mol. The number of methoxy groups -OCH3 is 1. The molecular formula is C10H20N4O4S. The van der Waals surface area contributed by atoms with Crippen LogP contribution in [-0.2, 0) is 26.0 Å². The maximum Gasteiger partial charge on any atom is 0.244 e. The van der Waals surface area contributed by atoms with Crippen molar-refractivity contribution in [1.29, 1.82) is 0 Å². The van der Waals surface area contributed by atoms with Gasteiger partial charge in [0.1, 0.15) is 4.90 Å². The summed E-state index contributed by atoms with van der Waals surface area (Å²) < 4.78 is 36.6. The molecule has 19 heavy (non-hydrogen) atoms. The van der Waals surface area contributed by atoms with Crippen molar-refractivity contribution in [3.8, 4) is 0 Å². The van der Waals surface area contributed by atoms with Crippen LogP contribution >= 0.6 is 0 Å². The van der Waals surface area contributed by atoms with Crippen LogP contribution in [0.15, 0.2) is 4.90 Å². The maximum absolute atomic E-state index is 12.1. The third kappa shape index (κ3) is 4.55. The van der Waals surface area contributed by atoms with Crippen molar-refractivity contribution in [2.45, 2.75) is 18.4 Å². The largest absolute Gasteiger partial charge is 0.382 e. The molecule has 0 aliphatic carbocycles. The van der Waals surface area contributed by atoms with E-state index >= 15 is 0 Å². The van der Waals surface area contributed by atoms with Gasteiger partial charge in [0, 0.05) is 20.2 Å². The van der Waals surface area contributed by atoms with Gasteiger partial charge < -0.3 is 15.2 Å². The second kappa shape index (κ2) is 7.56. The molecule has 4 N–H and O–H groups in total. The van der Waals surface area contributed by atoms with Crippen molar-refractivity contribution < 1.29 is 17.9 Å². The first kappa shape index (κ1) is 16.1. The molecule has 110 valence electrons. The van der Waals surface area contributed by atoms with E-state index < -0.39 is 10.0 Å². The molecule has 0 aliphatic heterocycles. The Morgan fingerprint density at radius 2 is 2.11 bits per heavy atom. The minimum Gasteiger partial charge on any atom is -0.382 e. The average Bonchev–Trinajstić information content (AvgIpc) is 2.75. The number of aryl methyl sites for hydroxylation is 1. The predicted octanol–water partition coefficient (Wildman–Crippen LogP) is -0.882. The summed E-state index contributed by atoms with van der Waals surface area (Å²) in [6.45, 7) is 3.06. The summed E-state index contributed by atoms with van der Waals surface area (Å²) in [7, 11) is -2.05. The molecular weight excluding hydrogens is 272 g/mol. The second-order valence-electron chi connectivity index (χ2n) is 3.83. The summed E-state index contributed by atoms with van der Waals surface area (Å²) in [6, 6.07) is 0. The Morgan fingerprint density at radius 3 is 2.74 bits per heavy atom. The number of ether oxygens (including phenoxy) is 2. The lowest BCUT2D eigenvalue weighted by Gasteiger charge is -2.08. The van der Waals surface area contributed by atoms with Crippen LogP contribution in [0.25, 0.3) is 0 Å². The topological polar surface area (TPSA) is 119 Å². The Morgan fingerprint density at radius 1 is 1.37 bits per heavy atom. The minimum absolute atomic E-state index is 0.0604. The normalized spacial score (nSPS) is 11.9. The molecule has 0 saturated carbocycles. The number of sulfonamides is 1. The first-order valence-corrected chi connectivity index (χ1v) is 7.31. The van der Waals surface area contributed by atoms with Gasteiger partial charge in [-0.1, -0.05) is 0 Å². The van der Waals surface area contributed by atoms with Crippen molar-refractivity contribution in [3.63, 3.8) is 0 Å². The number of rotatable bonds is 9. The standard InChI is InChI=1S/C10H20N4O4S/c1-8-10(9(7-11)14-13-8)19(15,16)12-3-4-18-6-5-17-2/h12H,3-7,11H2,1-2H3,(H,13,14). The van der Waals surface area contributed by atoms with Gasteiger partial charge in [0.2, 0.25) is 10.0 Å². The number of hydrogen-bond acceptors (Lipinski definition) is 6. The molecule has 1 heterocycles. The smallest absolute Gasteiger partial charge is 0.244 e. The van der Waals surface area contributed by atoms with Gasteiger partial charge in [0.15, 0.2) is 0 Å². The highest BCUT2D eigenvalue weighted by Gasteiger charge is 2.22. The molecule has 0 fully saturated rings. The van der Waals surface area contributed by atoms with Crippen LogP contribution in [-0.4, -0.2) is 52.1 Å². The predicted molar refractivity (Wildman–Crippen MR) is 69.1 cm³/mol. The van der Waals surface area contributed by atoms with E-state index in [4.69, 9.17) is 15.2 Å². The summed E-state index contributed by atoms with van der Waals surface area (Å²) in [5.41, 5.74) is 6.25. The summed E-state index contributed by atoms with van der Waals surface area (Å²) in [5, 5.41) is 6.47. The molecule has 0 aromatic carbocycles. The van der Waals surface area contributed by atoms with Crippen LogP contribution < -0.4 is 10.5 Å². The van der Waals surface area contributed by atoms with Gasteiger partial charge in [0.05, 0.1) is 31.2 Å². The van der Waals surface area contributed by atoms with Crippen LogP contribution in [0.5, 0.6) is 0 Å². The number of nitrogens with zero attached hydrogens (tertiary/aromatic N) is 1. The van der Waals surface area contributed by atoms with Crippen LogP contribution in [0, 0.1) is 6.92 Å². The van der Waals surface area contributed by atoms with Gasteiger partial charge in [-0.2, -0.15) is 5.10 Å². The van der Waals surface area contributed by atoms with Crippen molar-refractivity contribution in [2.24, 2.45) is 5.73 Å². The fourth-order valence-corrected chi connectivity index (χ4v) is 2.91. The highest BCUT2D eigenvalue weighted by molar-refractivity contribution is 7.89. The maximum atomic E-state index is 12.1. The van der Waals surface area contributed by atoms with E-state index in [2.05, 4.69) is 14.9 Å². The third-order valence-electron chi connectivity index (χ3n) is 2.39. The lowest BCUT2D eigenvalue weighted by Crippen LogP contribution is -2.29. The van der Waals surface area contributed by atoms with Gasteiger partial charge in [-0.05, 0) is 6.92 Å². The number of H-pyrrole nitrogens is 1. The number of aromatic amines is 1. The summed E-state index contributed by atoms with van der Waals surface area (Å²) >= 11 is 0. The molecule has 0 unspecified atom stereocenters. The molecule has 0 radical (unpaired) electrons. The zero-order valence-electron chi connectivity index (χ0n) is 11.1. The fraction of sp³-hybridized carbons (Fsp3) is 0.700. The van der Waals surface area contributed by atoms with Gasteiger partial charge in [-0.15, -0.1) is 0 Å². The molecule has 1 rings (SSSR count). The second-order valence-corrected chi connectivity index (χ2v) is 5.54. The Labute approximate surface area is 112 Å². The first-order chi connectivity index (χ1) is 9.03. The minimum atomic E-state index is -3.62. The average molecular weight is 292 g/mol. The van der Waals surface area contributed by atoms with Crippen LogP contribution in [0.2, 0.25) is 0 Å². The Kier molecular flexibility index (Phi) is 6.38. The van der Waals surface area contributed by atoms with Crippen molar-refractivity contribution in [1.82, 2.24) is 14.9 Å². The van der Waals surface area contributed by atoms with E-state index in [0.29, 0.717) is 24.6 Å².